The molecule has 6 nitrogen and oxygen atoms in total. The van der Waals surface area contributed by atoms with Crippen molar-refractivity contribution in [3.05, 3.63) is 0 Å². The fraction of sp³-hybridized carbons (Fsp3) is 0.941. The average molecular weight is 487 g/mol. The van der Waals surface area contributed by atoms with E-state index in [-0.39, 0.29) is 35.1 Å². The van der Waals surface area contributed by atoms with Crippen molar-refractivity contribution in [2.24, 2.45) is 10.4 Å². The summed E-state index contributed by atoms with van der Waals surface area (Å²) in [6, 6.07) is 0. The van der Waals surface area contributed by atoms with Crippen LogP contribution in [-0.4, -0.2) is 70.2 Å². The Morgan fingerprint density at radius 3 is 2.44 bits per heavy atom. The molecule has 0 aromatic heterocycles. The summed E-state index contributed by atoms with van der Waals surface area (Å²) >= 11 is 0. The van der Waals surface area contributed by atoms with Crippen molar-refractivity contribution in [2.45, 2.75) is 50.7 Å². The van der Waals surface area contributed by atoms with Gasteiger partial charge in [-0.3, -0.25) is 4.99 Å². The molecular weight excluding hydrogens is 453 g/mol. The van der Waals surface area contributed by atoms with Crippen LogP contribution in [0.3, 0.4) is 0 Å². The Balaban J connectivity index is 0.00000312. The topological polar surface area (TPSA) is 71.0 Å². The predicted octanol–water partition coefficient (Wildman–Crippen LogP) is 2.29. The summed E-state index contributed by atoms with van der Waals surface area (Å²) < 4.78 is 29.0. The zero-order valence-electron chi connectivity index (χ0n) is 16.0. The third kappa shape index (κ3) is 5.45. The average Bonchev–Trinajstić information content (AvgIpc) is 2.98. The molecule has 2 rings (SSSR count). The third-order valence-corrected chi connectivity index (χ3v) is 8.21. The van der Waals surface area contributed by atoms with Crippen LogP contribution < -0.4 is 5.32 Å². The van der Waals surface area contributed by atoms with E-state index < -0.39 is 14.6 Å². The summed E-state index contributed by atoms with van der Waals surface area (Å²) in [6.07, 6.45) is 6.06. The van der Waals surface area contributed by atoms with E-state index in [2.05, 4.69) is 15.2 Å². The Hall–Kier alpha value is -0.0900. The number of hydrogen-bond donors (Lipinski definition) is 1. The number of nitrogens with one attached hydrogen (secondary N) is 1. The molecule has 0 unspecified atom stereocenters. The molecule has 1 saturated heterocycles. The number of halogens is 1. The third-order valence-electron chi connectivity index (χ3n) is 5.68. The van der Waals surface area contributed by atoms with Crippen molar-refractivity contribution in [3.8, 4) is 0 Å². The first kappa shape index (κ1) is 23.0. The molecule has 0 spiro atoms. The first-order valence-electron chi connectivity index (χ1n) is 8.92. The van der Waals surface area contributed by atoms with Crippen molar-refractivity contribution in [1.29, 1.82) is 0 Å². The molecule has 1 saturated carbocycles. The minimum absolute atomic E-state index is 0. The minimum Gasteiger partial charge on any atom is -0.385 e. The van der Waals surface area contributed by atoms with Gasteiger partial charge in [0.2, 0.25) is 0 Å². The maximum atomic E-state index is 12.2. The second kappa shape index (κ2) is 9.21. The first-order chi connectivity index (χ1) is 11.3. The van der Waals surface area contributed by atoms with Gasteiger partial charge in [0, 0.05) is 40.4 Å². The van der Waals surface area contributed by atoms with E-state index in [1.54, 1.807) is 28.0 Å². The zero-order valence-corrected chi connectivity index (χ0v) is 19.2. The highest BCUT2D eigenvalue weighted by Crippen LogP contribution is 2.40. The number of ether oxygens (including phenoxy) is 1. The molecule has 1 aliphatic heterocycles. The van der Waals surface area contributed by atoms with Crippen LogP contribution in [0.1, 0.15) is 46.0 Å². The number of methoxy groups -OCH3 is 1. The number of sulfone groups is 1. The summed E-state index contributed by atoms with van der Waals surface area (Å²) in [7, 11) is 0.497. The normalized spacial score (nSPS) is 24.6. The Bertz CT molecular complexity index is 557. The molecule has 148 valence electrons. The predicted molar refractivity (Wildman–Crippen MR) is 114 cm³/mol. The molecule has 1 heterocycles. The van der Waals surface area contributed by atoms with E-state index >= 15 is 0 Å². The molecule has 0 aromatic carbocycles. The second-order valence-electron chi connectivity index (χ2n) is 7.85. The van der Waals surface area contributed by atoms with Gasteiger partial charge in [-0.15, -0.1) is 24.0 Å². The number of aliphatic imine (C=N–C) groups is 1. The van der Waals surface area contributed by atoms with E-state index in [4.69, 9.17) is 4.74 Å². The van der Waals surface area contributed by atoms with E-state index in [1.165, 1.54) is 25.7 Å². The van der Waals surface area contributed by atoms with Crippen LogP contribution in [0.2, 0.25) is 0 Å². The van der Waals surface area contributed by atoms with E-state index in [9.17, 15) is 8.42 Å². The maximum absolute atomic E-state index is 12.2. The van der Waals surface area contributed by atoms with Gasteiger partial charge < -0.3 is 15.0 Å². The molecule has 0 atom stereocenters. The van der Waals surface area contributed by atoms with Crippen molar-refractivity contribution in [3.63, 3.8) is 0 Å². The monoisotopic (exact) mass is 487 g/mol. The van der Waals surface area contributed by atoms with Gasteiger partial charge in [0.15, 0.2) is 15.8 Å². The molecule has 2 fully saturated rings. The maximum Gasteiger partial charge on any atom is 0.193 e. The standard InChI is InChI=1S/C17H33N3O3S.HI/c1-16(2)14-20(10-12-24(16,21)22)15(18-3)19-13-17(9-11-23-4)7-5-6-8-17;/h5-14H2,1-4H3,(H,18,19);1H. The van der Waals surface area contributed by atoms with Gasteiger partial charge in [-0.1, -0.05) is 12.8 Å². The molecule has 0 amide bonds. The SMILES string of the molecule is CN=C(NCC1(CCOC)CCCC1)N1CCS(=O)(=O)C(C)(C)C1.I. The molecule has 1 aliphatic carbocycles. The lowest BCUT2D eigenvalue weighted by atomic mass is 9.83. The molecule has 25 heavy (non-hydrogen) atoms. The molecule has 0 bridgehead atoms. The number of rotatable bonds is 5. The summed E-state index contributed by atoms with van der Waals surface area (Å²) in [4.78, 5) is 6.49. The Morgan fingerprint density at radius 2 is 1.92 bits per heavy atom. The van der Waals surface area contributed by atoms with E-state index in [0.29, 0.717) is 13.1 Å². The quantitative estimate of drug-likeness (QED) is 0.366. The van der Waals surface area contributed by atoms with Crippen molar-refractivity contribution >= 4 is 39.8 Å². The molecule has 2 aliphatic rings. The van der Waals surface area contributed by atoms with Gasteiger partial charge in [-0.05, 0) is 38.5 Å². The Labute approximate surface area is 170 Å². The van der Waals surface area contributed by atoms with Crippen molar-refractivity contribution in [1.82, 2.24) is 10.2 Å². The van der Waals surface area contributed by atoms with Crippen LogP contribution in [0.5, 0.6) is 0 Å². The van der Waals surface area contributed by atoms with Crippen LogP contribution in [-0.2, 0) is 14.6 Å². The van der Waals surface area contributed by atoms with Crippen LogP contribution >= 0.6 is 24.0 Å². The molecule has 8 heteroatoms. The van der Waals surface area contributed by atoms with E-state index in [1.807, 2.05) is 0 Å². The zero-order chi connectivity index (χ0) is 17.8. The van der Waals surface area contributed by atoms with Crippen molar-refractivity contribution in [2.75, 3.05) is 46.2 Å². The summed E-state index contributed by atoms with van der Waals surface area (Å²) in [6.45, 7) is 6.27. The fourth-order valence-corrected chi connectivity index (χ4v) is 5.25. The summed E-state index contributed by atoms with van der Waals surface area (Å²) in [5.74, 6) is 1.01. The lowest BCUT2D eigenvalue weighted by molar-refractivity contribution is 0.137. The smallest absolute Gasteiger partial charge is 0.193 e. The number of nitrogens with zero attached hydrogens (tertiary/aromatic N) is 2. The first-order valence-corrected chi connectivity index (χ1v) is 10.6. The van der Waals surface area contributed by atoms with Gasteiger partial charge in [0.25, 0.3) is 0 Å². The van der Waals surface area contributed by atoms with Gasteiger partial charge in [-0.2, -0.15) is 0 Å². The molecule has 0 aromatic rings. The summed E-state index contributed by atoms with van der Waals surface area (Å²) in [5, 5.41) is 3.52. The minimum atomic E-state index is -3.03. The Morgan fingerprint density at radius 1 is 1.28 bits per heavy atom. The largest absolute Gasteiger partial charge is 0.385 e. The van der Waals surface area contributed by atoms with Gasteiger partial charge >= 0.3 is 0 Å². The van der Waals surface area contributed by atoms with Crippen LogP contribution in [0, 0.1) is 5.41 Å². The van der Waals surface area contributed by atoms with Crippen LogP contribution in [0.25, 0.3) is 0 Å². The number of guanidine groups is 1. The van der Waals surface area contributed by atoms with Gasteiger partial charge in [-0.25, -0.2) is 8.42 Å². The van der Waals surface area contributed by atoms with Gasteiger partial charge in [0.1, 0.15) is 0 Å². The lowest BCUT2D eigenvalue weighted by Gasteiger charge is -2.40. The highest BCUT2D eigenvalue weighted by molar-refractivity contribution is 14.0. The molecule has 0 radical (unpaired) electrons. The van der Waals surface area contributed by atoms with E-state index in [0.717, 1.165) is 25.5 Å². The highest BCUT2D eigenvalue weighted by Gasteiger charge is 2.41. The highest BCUT2D eigenvalue weighted by atomic mass is 127. The fourth-order valence-electron chi connectivity index (χ4n) is 3.88. The van der Waals surface area contributed by atoms with Crippen molar-refractivity contribution < 1.29 is 13.2 Å². The Kier molecular flexibility index (Phi) is 8.46. The molecular formula is C17H34IN3O3S. The summed E-state index contributed by atoms with van der Waals surface area (Å²) in [5.41, 5.74) is 0.281. The van der Waals surface area contributed by atoms with Crippen LogP contribution in [0.4, 0.5) is 0 Å². The second-order valence-corrected chi connectivity index (χ2v) is 10.6. The number of hydrogen-bond acceptors (Lipinski definition) is 4. The lowest BCUT2D eigenvalue weighted by Crippen LogP contribution is -2.58. The molecule has 1 N–H and O–H groups in total. The van der Waals surface area contributed by atoms with Gasteiger partial charge in [0.05, 0.1) is 10.5 Å². The van der Waals surface area contributed by atoms with Crippen LogP contribution in [0.15, 0.2) is 4.99 Å².